The van der Waals surface area contributed by atoms with E-state index < -0.39 is 0 Å². The van der Waals surface area contributed by atoms with Crippen molar-refractivity contribution < 1.29 is 9.53 Å². The Bertz CT molecular complexity index is 570. The highest BCUT2D eigenvalue weighted by Crippen LogP contribution is 2.40. The third-order valence-corrected chi connectivity index (χ3v) is 4.11. The third kappa shape index (κ3) is 2.17. The van der Waals surface area contributed by atoms with Crippen LogP contribution in [0.4, 0.5) is 5.95 Å². The Labute approximate surface area is 114 Å². The van der Waals surface area contributed by atoms with Crippen molar-refractivity contribution in [3.8, 4) is 5.75 Å². The van der Waals surface area contributed by atoms with Gasteiger partial charge in [0.25, 0.3) is 0 Å². The standard InChI is InChI=1S/C12H12N4O2S/c1-18-9-4-2-8(3-5-9)11-16(10(17)6-19-11)12-13-7-14-15-12/h2-5,7,11H,6H2,1H3,(H,13,14,15)/t11-/m1/s1. The number of aromatic nitrogens is 3. The molecule has 1 atom stereocenters. The van der Waals surface area contributed by atoms with Crippen molar-refractivity contribution >= 4 is 23.6 Å². The van der Waals surface area contributed by atoms with Gasteiger partial charge in [-0.15, -0.1) is 11.8 Å². The maximum absolute atomic E-state index is 12.0. The summed E-state index contributed by atoms with van der Waals surface area (Å²) in [5.74, 6) is 1.75. The second kappa shape index (κ2) is 4.93. The Morgan fingerprint density at radius 3 is 2.84 bits per heavy atom. The van der Waals surface area contributed by atoms with Gasteiger partial charge >= 0.3 is 0 Å². The number of hydrogen-bond acceptors (Lipinski definition) is 5. The molecule has 7 heteroatoms. The van der Waals surface area contributed by atoms with Crippen molar-refractivity contribution in [3.05, 3.63) is 36.2 Å². The first-order chi connectivity index (χ1) is 9.29. The second-order valence-corrected chi connectivity index (χ2v) is 5.08. The fourth-order valence-electron chi connectivity index (χ4n) is 1.98. The quantitative estimate of drug-likeness (QED) is 0.921. The van der Waals surface area contributed by atoms with E-state index in [2.05, 4.69) is 15.2 Å². The molecule has 1 aromatic carbocycles. The zero-order valence-electron chi connectivity index (χ0n) is 10.2. The van der Waals surface area contributed by atoms with Gasteiger partial charge in [0.2, 0.25) is 11.9 Å². The molecule has 1 aliphatic rings. The van der Waals surface area contributed by atoms with Crippen molar-refractivity contribution in [3.63, 3.8) is 0 Å². The van der Waals surface area contributed by atoms with Crippen molar-refractivity contribution in [2.75, 3.05) is 17.8 Å². The molecule has 1 N–H and O–H groups in total. The van der Waals surface area contributed by atoms with Gasteiger partial charge in [0.15, 0.2) is 0 Å². The van der Waals surface area contributed by atoms with Crippen molar-refractivity contribution in [2.24, 2.45) is 0 Å². The summed E-state index contributed by atoms with van der Waals surface area (Å²) in [5.41, 5.74) is 1.04. The lowest BCUT2D eigenvalue weighted by Gasteiger charge is -2.21. The molecule has 0 saturated carbocycles. The molecular weight excluding hydrogens is 264 g/mol. The number of ether oxygens (including phenoxy) is 1. The highest BCUT2D eigenvalue weighted by Gasteiger charge is 2.35. The number of amides is 1. The monoisotopic (exact) mass is 276 g/mol. The number of thioether (sulfide) groups is 1. The van der Waals surface area contributed by atoms with Crippen LogP contribution in [0.15, 0.2) is 30.6 Å². The number of nitrogens with one attached hydrogen (secondary N) is 1. The molecule has 6 nitrogen and oxygen atoms in total. The van der Waals surface area contributed by atoms with Gasteiger partial charge in [0.05, 0.1) is 12.9 Å². The SMILES string of the molecule is COc1ccc([C@H]2SCC(=O)N2c2ncn[nH]2)cc1. The largest absolute Gasteiger partial charge is 0.497 e. The summed E-state index contributed by atoms with van der Waals surface area (Å²) in [6, 6.07) is 7.69. The van der Waals surface area contributed by atoms with Gasteiger partial charge in [-0.25, -0.2) is 5.10 Å². The number of benzene rings is 1. The molecule has 1 aliphatic heterocycles. The van der Waals surface area contributed by atoms with E-state index in [0.717, 1.165) is 11.3 Å². The van der Waals surface area contributed by atoms with Crippen LogP contribution in [0.25, 0.3) is 0 Å². The molecule has 0 radical (unpaired) electrons. The lowest BCUT2D eigenvalue weighted by molar-refractivity contribution is -0.115. The molecule has 3 rings (SSSR count). The van der Waals surface area contributed by atoms with E-state index in [1.165, 1.54) is 6.33 Å². The highest BCUT2D eigenvalue weighted by molar-refractivity contribution is 8.00. The van der Waals surface area contributed by atoms with Crippen LogP contribution < -0.4 is 9.64 Å². The summed E-state index contributed by atoms with van der Waals surface area (Å²) in [4.78, 5) is 17.7. The Balaban J connectivity index is 1.92. The van der Waals surface area contributed by atoms with Gasteiger partial charge in [-0.2, -0.15) is 10.1 Å². The number of nitrogens with zero attached hydrogens (tertiary/aromatic N) is 3. The van der Waals surface area contributed by atoms with E-state index in [0.29, 0.717) is 11.7 Å². The van der Waals surface area contributed by atoms with Crippen LogP contribution in [0.3, 0.4) is 0 Å². The number of carbonyl (C=O) groups is 1. The fourth-order valence-corrected chi connectivity index (χ4v) is 3.14. The fraction of sp³-hybridized carbons (Fsp3) is 0.250. The minimum atomic E-state index is -0.0774. The van der Waals surface area contributed by atoms with E-state index >= 15 is 0 Å². The van der Waals surface area contributed by atoms with E-state index in [-0.39, 0.29) is 11.3 Å². The van der Waals surface area contributed by atoms with Crippen molar-refractivity contribution in [1.29, 1.82) is 0 Å². The number of hydrogen-bond donors (Lipinski definition) is 1. The molecule has 2 heterocycles. The van der Waals surface area contributed by atoms with Crippen LogP contribution in [-0.4, -0.2) is 34.0 Å². The Morgan fingerprint density at radius 1 is 1.42 bits per heavy atom. The molecule has 1 saturated heterocycles. The van der Waals surface area contributed by atoms with E-state index in [4.69, 9.17) is 4.74 Å². The molecule has 0 spiro atoms. The van der Waals surface area contributed by atoms with Crippen LogP contribution in [0, 0.1) is 0 Å². The lowest BCUT2D eigenvalue weighted by atomic mass is 10.2. The minimum Gasteiger partial charge on any atom is -0.497 e. The average Bonchev–Trinajstić information content (AvgIpc) is 3.08. The first-order valence-electron chi connectivity index (χ1n) is 5.72. The van der Waals surface area contributed by atoms with Crippen molar-refractivity contribution in [2.45, 2.75) is 5.37 Å². The number of rotatable bonds is 3. The third-order valence-electron chi connectivity index (χ3n) is 2.90. The molecule has 1 amide bonds. The molecule has 0 bridgehead atoms. The maximum Gasteiger partial charge on any atom is 0.240 e. The summed E-state index contributed by atoms with van der Waals surface area (Å²) in [6.45, 7) is 0. The number of anilines is 1. The first kappa shape index (κ1) is 12.0. The zero-order valence-corrected chi connectivity index (χ0v) is 11.1. The molecule has 1 fully saturated rings. The van der Waals surface area contributed by atoms with Gasteiger partial charge in [-0.3, -0.25) is 9.69 Å². The predicted molar refractivity (Wildman–Crippen MR) is 72.1 cm³/mol. The number of aromatic amines is 1. The summed E-state index contributed by atoms with van der Waals surface area (Å²) in [5, 5.41) is 6.46. The maximum atomic E-state index is 12.0. The summed E-state index contributed by atoms with van der Waals surface area (Å²) >= 11 is 1.57. The normalized spacial score (nSPS) is 18.9. The smallest absolute Gasteiger partial charge is 0.240 e. The van der Waals surface area contributed by atoms with E-state index in [9.17, 15) is 4.79 Å². The molecule has 19 heavy (non-hydrogen) atoms. The number of methoxy groups -OCH3 is 1. The van der Waals surface area contributed by atoms with Crippen LogP contribution in [0.1, 0.15) is 10.9 Å². The van der Waals surface area contributed by atoms with Crippen LogP contribution in [0.5, 0.6) is 5.75 Å². The first-order valence-corrected chi connectivity index (χ1v) is 6.77. The summed E-state index contributed by atoms with van der Waals surface area (Å²) in [7, 11) is 1.63. The van der Waals surface area contributed by atoms with Crippen LogP contribution >= 0.6 is 11.8 Å². The Kier molecular flexibility index (Phi) is 3.12. The zero-order chi connectivity index (χ0) is 13.2. The van der Waals surface area contributed by atoms with E-state index in [1.54, 1.807) is 23.8 Å². The average molecular weight is 276 g/mol. The van der Waals surface area contributed by atoms with Gasteiger partial charge in [-0.1, -0.05) is 12.1 Å². The molecule has 0 aliphatic carbocycles. The van der Waals surface area contributed by atoms with Gasteiger partial charge in [0, 0.05) is 0 Å². The molecular formula is C12H12N4O2S. The number of carbonyl (C=O) groups excluding carboxylic acids is 1. The Morgan fingerprint density at radius 2 is 2.21 bits per heavy atom. The van der Waals surface area contributed by atoms with Gasteiger partial charge in [0.1, 0.15) is 17.5 Å². The molecule has 2 aromatic rings. The summed E-state index contributed by atoms with van der Waals surface area (Å²) in [6.07, 6.45) is 1.40. The van der Waals surface area contributed by atoms with Crippen LogP contribution in [-0.2, 0) is 4.79 Å². The van der Waals surface area contributed by atoms with Crippen LogP contribution in [0.2, 0.25) is 0 Å². The summed E-state index contributed by atoms with van der Waals surface area (Å²) < 4.78 is 5.14. The van der Waals surface area contributed by atoms with E-state index in [1.807, 2.05) is 24.3 Å². The van der Waals surface area contributed by atoms with Crippen molar-refractivity contribution in [1.82, 2.24) is 15.2 Å². The van der Waals surface area contributed by atoms with Gasteiger partial charge < -0.3 is 4.74 Å². The second-order valence-electron chi connectivity index (χ2n) is 4.01. The number of H-pyrrole nitrogens is 1. The van der Waals surface area contributed by atoms with Gasteiger partial charge in [-0.05, 0) is 17.7 Å². The highest BCUT2D eigenvalue weighted by atomic mass is 32.2. The lowest BCUT2D eigenvalue weighted by Crippen LogP contribution is -2.28. The topological polar surface area (TPSA) is 71.1 Å². The molecule has 0 unspecified atom stereocenters. The Hall–Kier alpha value is -2.02. The molecule has 1 aromatic heterocycles. The predicted octanol–water partition coefficient (Wildman–Crippen LogP) is 1.59. The molecule has 98 valence electrons. The minimum absolute atomic E-state index is 0.0302.